The van der Waals surface area contributed by atoms with E-state index in [1.165, 1.54) is 12.4 Å². The number of fused-ring (bicyclic) bond motifs is 2. The van der Waals surface area contributed by atoms with E-state index < -0.39 is 11.6 Å². The average molecular weight is 326 g/mol. The quantitative estimate of drug-likeness (QED) is 0.525. The smallest absolute Gasteiger partial charge is 0.174 e. The Labute approximate surface area is 136 Å². The van der Waals surface area contributed by atoms with Crippen molar-refractivity contribution in [3.05, 3.63) is 30.3 Å². The van der Waals surface area contributed by atoms with Gasteiger partial charge in [-0.15, -0.1) is 0 Å². The van der Waals surface area contributed by atoms with E-state index in [4.69, 9.17) is 5.73 Å². The number of nitrogens with one attached hydrogen (secondary N) is 1. The largest absolute Gasteiger partial charge is 0.505 e. The number of hydrogen-bond donors (Lipinski definition) is 3. The summed E-state index contributed by atoms with van der Waals surface area (Å²) in [6, 6.07) is 4.59. The predicted molar refractivity (Wildman–Crippen MR) is 89.0 cm³/mol. The number of nitrogen functional groups attached to an aromatic ring is 1. The van der Waals surface area contributed by atoms with Crippen LogP contribution in [0.1, 0.15) is 19.9 Å². The zero-order valence-electron chi connectivity index (χ0n) is 13.1. The van der Waals surface area contributed by atoms with Crippen molar-refractivity contribution in [3.63, 3.8) is 0 Å². The molecule has 0 aliphatic rings. The van der Waals surface area contributed by atoms with Crippen LogP contribution in [0.15, 0.2) is 24.5 Å². The standard InChI is InChI=1S/C16H15FN6O/c1-7(2)23-16-12(15(18)19-6-20-16)14(22-23)10-5-8-9(21-10)3-4-11(24)13(8)17/h3-7,21,24H,1-2H3,(H2,18,19,20). The Bertz CT molecular complexity index is 1080. The monoisotopic (exact) mass is 326 g/mol. The van der Waals surface area contributed by atoms with E-state index in [0.29, 0.717) is 33.8 Å². The minimum Gasteiger partial charge on any atom is -0.505 e. The minimum atomic E-state index is -0.674. The number of phenolic OH excluding ortho intramolecular Hbond substituents is 1. The van der Waals surface area contributed by atoms with Crippen molar-refractivity contribution >= 4 is 27.8 Å². The molecule has 0 amide bonds. The number of aromatic hydroxyl groups is 1. The molecule has 1 aromatic carbocycles. The van der Waals surface area contributed by atoms with Crippen molar-refractivity contribution in [3.8, 4) is 17.1 Å². The second kappa shape index (κ2) is 4.92. The molecule has 0 saturated heterocycles. The second-order valence-electron chi connectivity index (χ2n) is 5.89. The van der Waals surface area contributed by atoms with Crippen LogP contribution in [0.25, 0.3) is 33.3 Å². The molecule has 4 rings (SSSR count). The SMILES string of the molecule is CC(C)n1nc(-c2cc3c(F)c(O)ccc3[nH]2)c2c(N)ncnc21. The Morgan fingerprint density at radius 2 is 2.08 bits per heavy atom. The van der Waals surface area contributed by atoms with Crippen LogP contribution in [-0.4, -0.2) is 29.8 Å². The Kier molecular flexibility index (Phi) is 2.96. The van der Waals surface area contributed by atoms with Gasteiger partial charge in [-0.25, -0.2) is 19.0 Å². The summed E-state index contributed by atoms with van der Waals surface area (Å²) in [5.41, 5.74) is 8.33. The molecule has 24 heavy (non-hydrogen) atoms. The number of hydrogen-bond acceptors (Lipinski definition) is 5. The lowest BCUT2D eigenvalue weighted by molar-refractivity contribution is 0.436. The highest BCUT2D eigenvalue weighted by molar-refractivity contribution is 6.00. The van der Waals surface area contributed by atoms with Crippen LogP contribution in [0.4, 0.5) is 10.2 Å². The summed E-state index contributed by atoms with van der Waals surface area (Å²) in [6.45, 7) is 3.97. The molecule has 4 aromatic rings. The first-order valence-corrected chi connectivity index (χ1v) is 7.46. The van der Waals surface area contributed by atoms with Crippen LogP contribution in [-0.2, 0) is 0 Å². The third-order valence-corrected chi connectivity index (χ3v) is 3.98. The van der Waals surface area contributed by atoms with Gasteiger partial charge < -0.3 is 15.8 Å². The zero-order chi connectivity index (χ0) is 17.0. The van der Waals surface area contributed by atoms with E-state index in [0.717, 1.165) is 0 Å². The van der Waals surface area contributed by atoms with Gasteiger partial charge in [-0.1, -0.05) is 0 Å². The van der Waals surface area contributed by atoms with Gasteiger partial charge in [0.1, 0.15) is 17.8 Å². The van der Waals surface area contributed by atoms with Crippen LogP contribution in [0.5, 0.6) is 5.75 Å². The van der Waals surface area contributed by atoms with Gasteiger partial charge >= 0.3 is 0 Å². The number of aromatic nitrogens is 5. The van der Waals surface area contributed by atoms with E-state index in [1.807, 2.05) is 13.8 Å². The molecule has 0 aliphatic heterocycles. The predicted octanol–water partition coefficient (Wildman–Crippen LogP) is 2.98. The Morgan fingerprint density at radius 3 is 2.83 bits per heavy atom. The van der Waals surface area contributed by atoms with Crippen LogP contribution in [0, 0.1) is 5.82 Å². The number of nitrogens with zero attached hydrogens (tertiary/aromatic N) is 4. The molecule has 0 spiro atoms. The molecule has 7 nitrogen and oxygen atoms in total. The number of H-pyrrole nitrogens is 1. The lowest BCUT2D eigenvalue weighted by Gasteiger charge is -2.05. The molecule has 0 fully saturated rings. The number of rotatable bonds is 2. The third kappa shape index (κ3) is 1.92. The summed E-state index contributed by atoms with van der Waals surface area (Å²) in [4.78, 5) is 11.4. The molecule has 4 N–H and O–H groups in total. The first-order chi connectivity index (χ1) is 11.5. The molecule has 122 valence electrons. The molecule has 0 unspecified atom stereocenters. The maximum absolute atomic E-state index is 14.1. The normalized spacial score (nSPS) is 11.8. The van der Waals surface area contributed by atoms with Gasteiger partial charge in [-0.2, -0.15) is 5.10 Å². The molecule has 3 heterocycles. The lowest BCUT2D eigenvalue weighted by Crippen LogP contribution is -2.04. The van der Waals surface area contributed by atoms with Gasteiger partial charge in [0, 0.05) is 16.9 Å². The van der Waals surface area contributed by atoms with Gasteiger partial charge in [0.2, 0.25) is 0 Å². The van der Waals surface area contributed by atoms with Gasteiger partial charge in [0.15, 0.2) is 17.2 Å². The van der Waals surface area contributed by atoms with Crippen LogP contribution >= 0.6 is 0 Å². The van der Waals surface area contributed by atoms with E-state index in [2.05, 4.69) is 20.1 Å². The first kappa shape index (κ1) is 14.4. The summed E-state index contributed by atoms with van der Waals surface area (Å²) in [5, 5.41) is 15.0. The van der Waals surface area contributed by atoms with Gasteiger partial charge in [-0.05, 0) is 32.0 Å². The molecule has 0 saturated carbocycles. The fourth-order valence-electron chi connectivity index (χ4n) is 2.83. The molecular formula is C16H15FN6O. The number of halogens is 1. The molecule has 0 aliphatic carbocycles. The average Bonchev–Trinajstić information content (AvgIpc) is 3.13. The van der Waals surface area contributed by atoms with E-state index in [9.17, 15) is 9.50 Å². The number of anilines is 1. The molecule has 8 heteroatoms. The number of phenols is 1. The van der Waals surface area contributed by atoms with Crippen molar-refractivity contribution in [2.45, 2.75) is 19.9 Å². The molecule has 0 atom stereocenters. The minimum absolute atomic E-state index is 0.0701. The van der Waals surface area contributed by atoms with E-state index in [1.54, 1.807) is 16.8 Å². The fraction of sp³-hybridized carbons (Fsp3) is 0.188. The molecule has 0 radical (unpaired) electrons. The second-order valence-corrected chi connectivity index (χ2v) is 5.89. The molecular weight excluding hydrogens is 311 g/mol. The maximum Gasteiger partial charge on any atom is 0.174 e. The van der Waals surface area contributed by atoms with Crippen molar-refractivity contribution in [2.24, 2.45) is 0 Å². The van der Waals surface area contributed by atoms with Gasteiger partial charge in [-0.3, -0.25) is 0 Å². The van der Waals surface area contributed by atoms with Crippen molar-refractivity contribution in [1.82, 2.24) is 24.7 Å². The Balaban J connectivity index is 2.05. The highest BCUT2D eigenvalue weighted by Gasteiger charge is 2.20. The summed E-state index contributed by atoms with van der Waals surface area (Å²) in [6.07, 6.45) is 1.39. The van der Waals surface area contributed by atoms with Crippen molar-refractivity contribution in [1.29, 1.82) is 0 Å². The van der Waals surface area contributed by atoms with Crippen LogP contribution < -0.4 is 5.73 Å². The van der Waals surface area contributed by atoms with Gasteiger partial charge in [0.05, 0.1) is 11.1 Å². The summed E-state index contributed by atoms with van der Waals surface area (Å²) < 4.78 is 15.9. The molecule has 0 bridgehead atoms. The van der Waals surface area contributed by atoms with Crippen molar-refractivity contribution < 1.29 is 9.50 Å². The van der Waals surface area contributed by atoms with Crippen LogP contribution in [0.3, 0.4) is 0 Å². The topological polar surface area (TPSA) is 106 Å². The van der Waals surface area contributed by atoms with Crippen molar-refractivity contribution in [2.75, 3.05) is 5.73 Å². The maximum atomic E-state index is 14.1. The summed E-state index contributed by atoms with van der Waals surface area (Å²) in [5.74, 6) is -0.760. The number of aromatic amines is 1. The highest BCUT2D eigenvalue weighted by Crippen LogP contribution is 2.34. The number of benzene rings is 1. The Morgan fingerprint density at radius 1 is 1.29 bits per heavy atom. The first-order valence-electron chi connectivity index (χ1n) is 7.46. The van der Waals surface area contributed by atoms with Crippen LogP contribution in [0.2, 0.25) is 0 Å². The number of nitrogens with two attached hydrogens (primary N) is 1. The molecule has 3 aromatic heterocycles. The fourth-order valence-corrected chi connectivity index (χ4v) is 2.83. The van der Waals surface area contributed by atoms with E-state index >= 15 is 0 Å². The highest BCUT2D eigenvalue weighted by atomic mass is 19.1. The lowest BCUT2D eigenvalue weighted by atomic mass is 10.2. The van der Waals surface area contributed by atoms with E-state index in [-0.39, 0.29) is 11.4 Å². The third-order valence-electron chi connectivity index (χ3n) is 3.98. The Hall–Kier alpha value is -3.16. The summed E-state index contributed by atoms with van der Waals surface area (Å²) in [7, 11) is 0. The zero-order valence-corrected chi connectivity index (χ0v) is 13.1. The summed E-state index contributed by atoms with van der Waals surface area (Å²) >= 11 is 0. The van der Waals surface area contributed by atoms with Gasteiger partial charge in [0.25, 0.3) is 0 Å².